The van der Waals surface area contributed by atoms with E-state index < -0.39 is 5.91 Å². The van der Waals surface area contributed by atoms with Gasteiger partial charge < -0.3 is 10.6 Å². The molecule has 130 valence electrons. The molecule has 2 amide bonds. The Kier molecular flexibility index (Phi) is 5.30. The first-order valence-electron chi connectivity index (χ1n) is 8.14. The van der Waals surface area contributed by atoms with Gasteiger partial charge in [-0.1, -0.05) is 41.4 Å². The average molecular weight is 377 g/mol. The van der Waals surface area contributed by atoms with Gasteiger partial charge >= 0.3 is 0 Å². The third kappa shape index (κ3) is 3.65. The summed E-state index contributed by atoms with van der Waals surface area (Å²) in [5.41, 5.74) is 8.44. The van der Waals surface area contributed by atoms with Gasteiger partial charge in [0.25, 0.3) is 0 Å². The molecule has 2 aromatic carbocycles. The zero-order chi connectivity index (χ0) is 18.0. The molecule has 0 radical (unpaired) electrons. The van der Waals surface area contributed by atoms with Crippen molar-refractivity contribution < 1.29 is 9.59 Å². The average Bonchev–Trinajstić information content (AvgIpc) is 2.61. The first kappa shape index (κ1) is 17.8. The van der Waals surface area contributed by atoms with Crippen LogP contribution in [-0.2, 0) is 17.6 Å². The topological polar surface area (TPSA) is 63.4 Å². The van der Waals surface area contributed by atoms with E-state index in [0.29, 0.717) is 35.0 Å². The highest BCUT2D eigenvalue weighted by molar-refractivity contribution is 6.42. The van der Waals surface area contributed by atoms with E-state index in [2.05, 4.69) is 0 Å². The van der Waals surface area contributed by atoms with Crippen molar-refractivity contribution in [2.45, 2.75) is 25.7 Å². The molecule has 0 fully saturated rings. The molecular weight excluding hydrogens is 359 g/mol. The van der Waals surface area contributed by atoms with E-state index in [9.17, 15) is 9.59 Å². The van der Waals surface area contributed by atoms with Crippen LogP contribution in [0, 0.1) is 0 Å². The monoisotopic (exact) mass is 376 g/mol. The minimum absolute atomic E-state index is 0.00128. The fraction of sp³-hybridized carbons (Fsp3) is 0.263. The summed E-state index contributed by atoms with van der Waals surface area (Å²) in [6, 6.07) is 10.8. The maximum Gasteiger partial charge on any atom is 0.249 e. The number of nitrogens with zero attached hydrogens (tertiary/aromatic N) is 1. The van der Waals surface area contributed by atoms with Gasteiger partial charge in [0, 0.05) is 24.2 Å². The molecular formula is C19H18Cl2N2O2. The van der Waals surface area contributed by atoms with Gasteiger partial charge in [0.05, 0.1) is 10.0 Å². The molecule has 0 aliphatic carbocycles. The van der Waals surface area contributed by atoms with Crippen LogP contribution in [0.3, 0.4) is 0 Å². The number of primary amides is 1. The van der Waals surface area contributed by atoms with Gasteiger partial charge in [-0.05, 0) is 48.6 Å². The molecule has 1 aliphatic rings. The first-order valence-corrected chi connectivity index (χ1v) is 8.89. The predicted molar refractivity (Wildman–Crippen MR) is 100 cm³/mol. The molecule has 1 heterocycles. The Labute approximate surface area is 156 Å². The zero-order valence-electron chi connectivity index (χ0n) is 13.6. The smallest absolute Gasteiger partial charge is 0.249 e. The first-order chi connectivity index (χ1) is 12.0. The Morgan fingerprint density at radius 3 is 2.64 bits per heavy atom. The van der Waals surface area contributed by atoms with E-state index in [0.717, 1.165) is 29.7 Å². The van der Waals surface area contributed by atoms with Gasteiger partial charge in [0.2, 0.25) is 11.8 Å². The van der Waals surface area contributed by atoms with Crippen LogP contribution in [0.2, 0.25) is 10.0 Å². The second-order valence-corrected chi connectivity index (χ2v) is 6.81. The maximum absolute atomic E-state index is 12.7. The number of carbonyl (C=O) groups excluding carboxylic acids is 2. The molecule has 0 unspecified atom stereocenters. The fourth-order valence-electron chi connectivity index (χ4n) is 3.23. The number of aryl methyl sites for hydroxylation is 1. The van der Waals surface area contributed by atoms with Gasteiger partial charge in [0.1, 0.15) is 0 Å². The lowest BCUT2D eigenvalue weighted by Crippen LogP contribution is -2.36. The van der Waals surface area contributed by atoms with Gasteiger partial charge in [-0.25, -0.2) is 0 Å². The van der Waals surface area contributed by atoms with Crippen molar-refractivity contribution in [1.29, 1.82) is 0 Å². The van der Waals surface area contributed by atoms with E-state index in [-0.39, 0.29) is 5.91 Å². The molecule has 2 aromatic rings. The van der Waals surface area contributed by atoms with Crippen LogP contribution in [0.5, 0.6) is 0 Å². The Morgan fingerprint density at radius 2 is 1.88 bits per heavy atom. The van der Waals surface area contributed by atoms with Crippen molar-refractivity contribution in [3.8, 4) is 0 Å². The quantitative estimate of drug-likeness (QED) is 0.875. The molecule has 0 atom stereocenters. The second-order valence-electron chi connectivity index (χ2n) is 6.03. The molecule has 25 heavy (non-hydrogen) atoms. The van der Waals surface area contributed by atoms with E-state index in [1.165, 1.54) is 0 Å². The second kappa shape index (κ2) is 7.46. The molecule has 0 aromatic heterocycles. The molecule has 0 bridgehead atoms. The summed E-state index contributed by atoms with van der Waals surface area (Å²) < 4.78 is 0. The molecule has 0 saturated heterocycles. The Bertz CT molecular complexity index is 836. The summed E-state index contributed by atoms with van der Waals surface area (Å²) in [7, 11) is 0. The van der Waals surface area contributed by atoms with Crippen LogP contribution >= 0.6 is 23.2 Å². The Morgan fingerprint density at radius 1 is 1.12 bits per heavy atom. The summed E-state index contributed by atoms with van der Waals surface area (Å²) in [5, 5.41) is 0.980. The lowest BCUT2D eigenvalue weighted by molar-refractivity contribution is -0.118. The molecule has 1 aliphatic heterocycles. The summed E-state index contributed by atoms with van der Waals surface area (Å²) in [6.07, 6.45) is 2.39. The number of halogens is 2. The number of hydrogen-bond donors (Lipinski definition) is 1. The lowest BCUT2D eigenvalue weighted by Gasteiger charge is -2.30. The Balaban J connectivity index is 1.79. The normalized spacial score (nSPS) is 13.4. The van der Waals surface area contributed by atoms with Crippen LogP contribution in [0.4, 0.5) is 5.69 Å². The highest BCUT2D eigenvalue weighted by Crippen LogP contribution is 2.31. The number of carbonyl (C=O) groups is 2. The number of amides is 2. The maximum atomic E-state index is 12.7. The van der Waals surface area contributed by atoms with Crippen molar-refractivity contribution in [3.63, 3.8) is 0 Å². The molecule has 0 spiro atoms. The van der Waals surface area contributed by atoms with Crippen LogP contribution in [0.1, 0.15) is 34.3 Å². The van der Waals surface area contributed by atoms with Crippen molar-refractivity contribution in [2.75, 3.05) is 11.4 Å². The number of anilines is 1. The van der Waals surface area contributed by atoms with Gasteiger partial charge in [0.15, 0.2) is 0 Å². The summed E-state index contributed by atoms with van der Waals surface area (Å²) in [4.78, 5) is 26.1. The van der Waals surface area contributed by atoms with E-state index in [1.807, 2.05) is 18.2 Å². The van der Waals surface area contributed by atoms with Crippen molar-refractivity contribution in [3.05, 3.63) is 63.1 Å². The molecule has 0 saturated carbocycles. The minimum Gasteiger partial charge on any atom is -0.366 e. The number of fused-ring (bicyclic) bond motifs is 1. The standard InChI is InChI=1S/C19H18Cl2N2O2/c20-15-7-1-4-12(18(15)21)9-10-17(24)23-11-3-6-13-14(19(22)25)5-2-8-16(13)23/h1-2,4-5,7-8H,3,6,9-11H2,(H2,22,25). The minimum atomic E-state index is -0.461. The summed E-state index contributed by atoms with van der Waals surface area (Å²) >= 11 is 12.2. The van der Waals surface area contributed by atoms with E-state index in [1.54, 1.807) is 23.1 Å². The molecule has 6 heteroatoms. The number of nitrogens with two attached hydrogens (primary N) is 1. The van der Waals surface area contributed by atoms with Crippen molar-refractivity contribution >= 4 is 40.7 Å². The molecule has 3 rings (SSSR count). The molecule has 4 nitrogen and oxygen atoms in total. The SMILES string of the molecule is NC(=O)c1cccc2c1CCCN2C(=O)CCc1cccc(Cl)c1Cl. The van der Waals surface area contributed by atoms with Gasteiger partial charge in [-0.3, -0.25) is 9.59 Å². The number of benzene rings is 2. The van der Waals surface area contributed by atoms with Gasteiger partial charge in [-0.15, -0.1) is 0 Å². The van der Waals surface area contributed by atoms with Crippen molar-refractivity contribution in [2.24, 2.45) is 5.73 Å². The van der Waals surface area contributed by atoms with E-state index >= 15 is 0 Å². The highest BCUT2D eigenvalue weighted by atomic mass is 35.5. The van der Waals surface area contributed by atoms with Crippen LogP contribution in [0.15, 0.2) is 36.4 Å². The predicted octanol–water partition coefficient (Wildman–Crippen LogP) is 4.00. The summed E-state index contributed by atoms with van der Waals surface area (Å²) in [6.45, 7) is 0.636. The number of rotatable bonds is 4. The number of hydrogen-bond acceptors (Lipinski definition) is 2. The summed E-state index contributed by atoms with van der Waals surface area (Å²) in [5.74, 6) is -0.463. The fourth-order valence-corrected chi connectivity index (χ4v) is 3.65. The third-order valence-corrected chi connectivity index (χ3v) is 5.31. The van der Waals surface area contributed by atoms with Gasteiger partial charge in [-0.2, -0.15) is 0 Å². The third-order valence-electron chi connectivity index (χ3n) is 4.46. The van der Waals surface area contributed by atoms with Crippen LogP contribution < -0.4 is 10.6 Å². The molecule has 2 N–H and O–H groups in total. The van der Waals surface area contributed by atoms with Crippen LogP contribution in [-0.4, -0.2) is 18.4 Å². The lowest BCUT2D eigenvalue weighted by atomic mass is 9.95. The van der Waals surface area contributed by atoms with E-state index in [4.69, 9.17) is 28.9 Å². The van der Waals surface area contributed by atoms with Crippen LogP contribution in [0.25, 0.3) is 0 Å². The highest BCUT2D eigenvalue weighted by Gasteiger charge is 2.25. The van der Waals surface area contributed by atoms with Crippen molar-refractivity contribution in [1.82, 2.24) is 0 Å². The largest absolute Gasteiger partial charge is 0.366 e. The Hall–Kier alpha value is -2.04. The zero-order valence-corrected chi connectivity index (χ0v) is 15.1.